The van der Waals surface area contributed by atoms with Crippen LogP contribution in [0, 0.1) is 11.8 Å². The molecular weight excluding hydrogens is 462 g/mol. The highest BCUT2D eigenvalue weighted by Gasteiger charge is 2.29. The van der Waals surface area contributed by atoms with E-state index in [4.69, 9.17) is 0 Å². The molecule has 1 atom stereocenters. The van der Waals surface area contributed by atoms with Crippen molar-refractivity contribution in [2.45, 2.75) is 57.8 Å². The fourth-order valence-electron chi connectivity index (χ4n) is 4.15. The lowest BCUT2D eigenvalue weighted by atomic mass is 9.96. The normalized spacial score (nSPS) is 16.4. The number of carbonyl (C=O) groups excluding carboxylic acids is 2. The van der Waals surface area contributed by atoms with Crippen molar-refractivity contribution < 1.29 is 18.0 Å². The Morgan fingerprint density at radius 1 is 1.06 bits per heavy atom. The summed E-state index contributed by atoms with van der Waals surface area (Å²) in [6, 6.07) is 13.3. The second-order valence-electron chi connectivity index (χ2n) is 9.97. The van der Waals surface area contributed by atoms with Crippen LogP contribution in [0.4, 0.5) is 5.69 Å². The molecule has 1 heterocycles. The van der Waals surface area contributed by atoms with E-state index in [1.54, 1.807) is 41.3 Å². The molecule has 0 aliphatic carbocycles. The molecular formula is C27H37N3O4S. The van der Waals surface area contributed by atoms with Gasteiger partial charge in [0.25, 0.3) is 15.9 Å². The monoisotopic (exact) mass is 499 g/mol. The van der Waals surface area contributed by atoms with E-state index in [-0.39, 0.29) is 22.6 Å². The summed E-state index contributed by atoms with van der Waals surface area (Å²) in [5, 5.41) is 2.99. The number of nitrogens with zero attached hydrogens (tertiary/aromatic N) is 1. The third-order valence-corrected chi connectivity index (χ3v) is 7.72. The van der Waals surface area contributed by atoms with Gasteiger partial charge in [0.2, 0.25) is 5.91 Å². The topological polar surface area (TPSA) is 95.6 Å². The van der Waals surface area contributed by atoms with Gasteiger partial charge in [0.05, 0.1) is 10.8 Å². The number of amides is 2. The van der Waals surface area contributed by atoms with E-state index in [9.17, 15) is 18.0 Å². The molecule has 35 heavy (non-hydrogen) atoms. The maximum absolute atomic E-state index is 13.2. The highest BCUT2D eigenvalue weighted by molar-refractivity contribution is 7.92. The second-order valence-corrected chi connectivity index (χ2v) is 11.7. The lowest BCUT2D eigenvalue weighted by molar-refractivity contribution is -0.126. The van der Waals surface area contributed by atoms with Gasteiger partial charge in [-0.1, -0.05) is 45.9 Å². The van der Waals surface area contributed by atoms with E-state index in [0.29, 0.717) is 42.7 Å². The third-order valence-electron chi connectivity index (χ3n) is 6.32. The van der Waals surface area contributed by atoms with Gasteiger partial charge in [-0.05, 0) is 67.0 Å². The Bertz CT molecular complexity index is 1130. The van der Waals surface area contributed by atoms with E-state index in [2.05, 4.69) is 23.9 Å². The van der Waals surface area contributed by atoms with Crippen molar-refractivity contribution >= 4 is 27.5 Å². The summed E-state index contributed by atoms with van der Waals surface area (Å²) >= 11 is 0. The molecule has 2 amide bonds. The first-order valence-electron chi connectivity index (χ1n) is 12.4. The Labute approximate surface area is 209 Å². The summed E-state index contributed by atoms with van der Waals surface area (Å²) < 4.78 is 28.3. The fourth-order valence-corrected chi connectivity index (χ4v) is 5.20. The maximum Gasteiger partial charge on any atom is 0.261 e. The quantitative estimate of drug-likeness (QED) is 0.526. The summed E-state index contributed by atoms with van der Waals surface area (Å²) in [5.41, 5.74) is 1.77. The number of anilines is 1. The number of hydrogen-bond acceptors (Lipinski definition) is 4. The van der Waals surface area contributed by atoms with Crippen LogP contribution in [0.5, 0.6) is 0 Å². The van der Waals surface area contributed by atoms with E-state index < -0.39 is 10.0 Å². The first-order valence-corrected chi connectivity index (χ1v) is 13.8. The fraction of sp³-hybridized carbons (Fsp3) is 0.481. The number of hydrogen-bond donors (Lipinski definition) is 2. The molecule has 2 N–H and O–H groups in total. The van der Waals surface area contributed by atoms with Gasteiger partial charge in [0.1, 0.15) is 0 Å². The standard InChI is InChI=1S/C27H37N3O4S/c1-19(2)14-15-28-26(31)23-8-6-16-30(18-23)27(32)22-7-5-9-24(17-22)29-35(33,34)25-12-10-21(11-13-25)20(3)4/h5,7,9-13,17,19-20,23,29H,6,8,14-16,18H2,1-4H3,(H,28,31). The first-order chi connectivity index (χ1) is 16.6. The number of carbonyl (C=O) groups is 2. The molecule has 0 aromatic heterocycles. The van der Waals surface area contributed by atoms with Crippen LogP contribution in [0.2, 0.25) is 0 Å². The highest BCUT2D eigenvalue weighted by atomic mass is 32.2. The van der Waals surface area contributed by atoms with Crippen LogP contribution in [0.3, 0.4) is 0 Å². The summed E-state index contributed by atoms with van der Waals surface area (Å²) in [4.78, 5) is 27.6. The Morgan fingerprint density at radius 3 is 2.43 bits per heavy atom. The minimum Gasteiger partial charge on any atom is -0.356 e. The molecule has 1 saturated heterocycles. The molecule has 2 aromatic rings. The number of nitrogens with one attached hydrogen (secondary N) is 2. The summed E-state index contributed by atoms with van der Waals surface area (Å²) in [6.45, 7) is 9.91. The van der Waals surface area contributed by atoms with Crippen molar-refractivity contribution in [1.29, 1.82) is 0 Å². The predicted molar refractivity (Wildman–Crippen MR) is 139 cm³/mol. The van der Waals surface area contributed by atoms with Gasteiger partial charge < -0.3 is 10.2 Å². The summed E-state index contributed by atoms with van der Waals surface area (Å²) in [6.07, 6.45) is 2.44. The molecule has 0 bridgehead atoms. The molecule has 8 heteroatoms. The van der Waals surface area contributed by atoms with Gasteiger partial charge in [-0.2, -0.15) is 0 Å². The number of likely N-dealkylation sites (tertiary alicyclic amines) is 1. The third kappa shape index (κ3) is 7.31. The highest BCUT2D eigenvalue weighted by Crippen LogP contribution is 2.23. The van der Waals surface area contributed by atoms with Crippen molar-refractivity contribution in [1.82, 2.24) is 10.2 Å². The maximum atomic E-state index is 13.2. The van der Waals surface area contributed by atoms with Gasteiger partial charge in [0, 0.05) is 30.9 Å². The van der Waals surface area contributed by atoms with Gasteiger partial charge in [0.15, 0.2) is 0 Å². The van der Waals surface area contributed by atoms with Gasteiger partial charge in [-0.25, -0.2) is 8.42 Å². The molecule has 0 spiro atoms. The second kappa shape index (κ2) is 11.7. The number of sulfonamides is 1. The van der Waals surface area contributed by atoms with Gasteiger partial charge in [-0.15, -0.1) is 0 Å². The van der Waals surface area contributed by atoms with E-state index in [1.165, 1.54) is 0 Å². The van der Waals surface area contributed by atoms with Crippen LogP contribution in [0.15, 0.2) is 53.4 Å². The Hall–Kier alpha value is -2.87. The molecule has 1 aliphatic rings. The van der Waals surface area contributed by atoms with Crippen molar-refractivity contribution in [2.75, 3.05) is 24.4 Å². The van der Waals surface area contributed by atoms with Crippen molar-refractivity contribution in [2.24, 2.45) is 11.8 Å². The molecule has 1 fully saturated rings. The zero-order valence-electron chi connectivity index (χ0n) is 21.1. The number of benzene rings is 2. The average molecular weight is 500 g/mol. The molecule has 1 unspecified atom stereocenters. The van der Waals surface area contributed by atoms with Crippen LogP contribution in [0.25, 0.3) is 0 Å². The minimum atomic E-state index is -3.79. The Balaban J connectivity index is 1.66. The largest absolute Gasteiger partial charge is 0.356 e. The Kier molecular flexibility index (Phi) is 8.94. The summed E-state index contributed by atoms with van der Waals surface area (Å²) in [5.74, 6) is 0.391. The lowest BCUT2D eigenvalue weighted by Crippen LogP contribution is -2.45. The Morgan fingerprint density at radius 2 is 1.77 bits per heavy atom. The molecule has 7 nitrogen and oxygen atoms in total. The summed E-state index contributed by atoms with van der Waals surface area (Å²) in [7, 11) is -3.79. The van der Waals surface area contributed by atoms with Crippen LogP contribution in [0.1, 0.15) is 68.8 Å². The van der Waals surface area contributed by atoms with E-state index in [1.807, 2.05) is 26.0 Å². The SMILES string of the molecule is CC(C)CCNC(=O)C1CCCN(C(=O)c2cccc(NS(=O)(=O)c3ccc(C(C)C)cc3)c2)C1. The van der Waals surface area contributed by atoms with Crippen molar-refractivity contribution in [3.05, 3.63) is 59.7 Å². The molecule has 3 rings (SSSR count). The molecule has 0 radical (unpaired) electrons. The van der Waals surface area contributed by atoms with Gasteiger partial charge >= 0.3 is 0 Å². The van der Waals surface area contributed by atoms with Gasteiger partial charge in [-0.3, -0.25) is 14.3 Å². The minimum absolute atomic E-state index is 0.00635. The van der Waals surface area contributed by atoms with Crippen LogP contribution < -0.4 is 10.0 Å². The van der Waals surface area contributed by atoms with Crippen LogP contribution >= 0.6 is 0 Å². The van der Waals surface area contributed by atoms with Crippen molar-refractivity contribution in [3.8, 4) is 0 Å². The van der Waals surface area contributed by atoms with Crippen LogP contribution in [-0.4, -0.2) is 44.8 Å². The zero-order chi connectivity index (χ0) is 25.6. The smallest absolute Gasteiger partial charge is 0.261 e. The van der Waals surface area contributed by atoms with E-state index >= 15 is 0 Å². The predicted octanol–water partition coefficient (Wildman–Crippen LogP) is 4.63. The number of rotatable bonds is 9. The zero-order valence-corrected chi connectivity index (χ0v) is 21.9. The molecule has 190 valence electrons. The lowest BCUT2D eigenvalue weighted by Gasteiger charge is -2.32. The van der Waals surface area contributed by atoms with E-state index in [0.717, 1.165) is 24.8 Å². The first kappa shape index (κ1) is 26.7. The van der Waals surface area contributed by atoms with Crippen LogP contribution in [-0.2, 0) is 14.8 Å². The molecule has 2 aromatic carbocycles. The molecule has 0 saturated carbocycles. The van der Waals surface area contributed by atoms with Crippen molar-refractivity contribution in [3.63, 3.8) is 0 Å². The average Bonchev–Trinajstić information content (AvgIpc) is 2.83. The number of piperidine rings is 1. The molecule has 1 aliphatic heterocycles.